The summed E-state index contributed by atoms with van der Waals surface area (Å²) < 4.78 is 10.6. The summed E-state index contributed by atoms with van der Waals surface area (Å²) in [5.41, 5.74) is 0.308. The van der Waals surface area contributed by atoms with Crippen molar-refractivity contribution >= 4 is 5.97 Å². The molecular formula is C30H50O9. The summed E-state index contributed by atoms with van der Waals surface area (Å²) in [6, 6.07) is 0. The van der Waals surface area contributed by atoms with Crippen LogP contribution in [0.15, 0.2) is 0 Å². The second kappa shape index (κ2) is 11.1. The van der Waals surface area contributed by atoms with E-state index in [1.807, 2.05) is 0 Å². The van der Waals surface area contributed by atoms with Gasteiger partial charge in [0.1, 0.15) is 24.4 Å². The fourth-order valence-electron chi connectivity index (χ4n) is 10.1. The van der Waals surface area contributed by atoms with Gasteiger partial charge in [0, 0.05) is 6.42 Å². The molecule has 15 atom stereocenters. The average Bonchev–Trinajstić information content (AvgIpc) is 3.25. The molecule has 0 amide bonds. The minimum Gasteiger partial charge on any atom is -0.433 e. The molecule has 5 rings (SSSR count). The van der Waals surface area contributed by atoms with Crippen molar-refractivity contribution < 1.29 is 44.9 Å². The number of ether oxygens (including phenoxy) is 2. The number of esters is 1. The van der Waals surface area contributed by atoms with E-state index in [-0.39, 0.29) is 35.4 Å². The van der Waals surface area contributed by atoms with Gasteiger partial charge in [-0.3, -0.25) is 4.79 Å². The Kier molecular flexibility index (Phi) is 8.46. The van der Waals surface area contributed by atoms with Gasteiger partial charge in [0.15, 0.2) is 0 Å². The van der Waals surface area contributed by atoms with Crippen molar-refractivity contribution in [3.8, 4) is 0 Å². The second-order valence-electron chi connectivity index (χ2n) is 14.2. The monoisotopic (exact) mass is 554 g/mol. The Morgan fingerprint density at radius 1 is 0.923 bits per heavy atom. The minimum atomic E-state index is -1.59. The standard InChI is InChI=1S/C30H50O9/c1-15(4-7-23(34)39-28-27(37)26(36)25(35)22(14-31)38-28)18-5-6-19-24-20(9-11-30(18,19)3)29(2)10-8-17(32)12-16(29)13-21(24)33/h15-22,24-28,31-33,35-37H,4-14H2,1-3H3/t15-,16+,17-,18-,19+,20+,21+,22-,24+,25-,26+,27-,28+,29+,30-/m1/s1. The van der Waals surface area contributed by atoms with Gasteiger partial charge in [-0.25, -0.2) is 0 Å². The summed E-state index contributed by atoms with van der Waals surface area (Å²) >= 11 is 0. The summed E-state index contributed by atoms with van der Waals surface area (Å²) in [6.45, 7) is 6.45. The molecule has 1 saturated heterocycles. The number of carbonyl (C=O) groups is 1. The van der Waals surface area contributed by atoms with Gasteiger partial charge in [0.2, 0.25) is 6.29 Å². The van der Waals surface area contributed by atoms with Gasteiger partial charge in [0.05, 0.1) is 18.8 Å². The zero-order valence-electron chi connectivity index (χ0n) is 23.7. The first kappa shape index (κ1) is 29.7. The van der Waals surface area contributed by atoms with E-state index in [0.717, 1.165) is 51.4 Å². The van der Waals surface area contributed by atoms with E-state index in [1.54, 1.807) is 0 Å². The molecule has 0 aromatic rings. The van der Waals surface area contributed by atoms with Gasteiger partial charge in [-0.2, -0.15) is 0 Å². The molecule has 0 spiro atoms. The third-order valence-electron chi connectivity index (χ3n) is 12.3. The van der Waals surface area contributed by atoms with Crippen molar-refractivity contribution in [2.75, 3.05) is 6.61 Å². The molecule has 0 bridgehead atoms. The first-order chi connectivity index (χ1) is 18.4. The van der Waals surface area contributed by atoms with E-state index in [4.69, 9.17) is 9.47 Å². The van der Waals surface area contributed by atoms with Crippen LogP contribution in [-0.4, -0.2) is 86.1 Å². The van der Waals surface area contributed by atoms with Crippen molar-refractivity contribution in [1.29, 1.82) is 0 Å². The van der Waals surface area contributed by atoms with Gasteiger partial charge < -0.3 is 40.1 Å². The van der Waals surface area contributed by atoms with Crippen molar-refractivity contribution in [1.82, 2.24) is 0 Å². The summed E-state index contributed by atoms with van der Waals surface area (Å²) in [6.07, 6.45) is 0.950. The average molecular weight is 555 g/mol. The maximum Gasteiger partial charge on any atom is 0.308 e. The van der Waals surface area contributed by atoms with Crippen molar-refractivity contribution in [3.05, 3.63) is 0 Å². The molecule has 4 saturated carbocycles. The van der Waals surface area contributed by atoms with Crippen LogP contribution in [-0.2, 0) is 14.3 Å². The van der Waals surface area contributed by atoms with Crippen LogP contribution in [0.5, 0.6) is 0 Å². The number of hydrogen-bond acceptors (Lipinski definition) is 9. The molecule has 6 N–H and O–H groups in total. The SMILES string of the molecule is C[C@H](CCC(=O)O[C@@H]1O[C@H](CO)[C@@H](O)[C@H](O)[C@H]1O)[C@H]1CC[C@H]2[C@@H]3[C@@H](O)C[C@@H]4C[C@H](O)CC[C@]4(C)[C@H]3CC[C@]12C. The van der Waals surface area contributed by atoms with Gasteiger partial charge in [-0.05, 0) is 104 Å². The van der Waals surface area contributed by atoms with E-state index in [0.29, 0.717) is 36.0 Å². The van der Waals surface area contributed by atoms with Crippen molar-refractivity contribution in [2.45, 2.75) is 128 Å². The summed E-state index contributed by atoms with van der Waals surface area (Å²) in [7, 11) is 0. The molecular weight excluding hydrogens is 504 g/mol. The van der Waals surface area contributed by atoms with Crippen LogP contribution in [0.3, 0.4) is 0 Å². The number of aliphatic hydroxyl groups excluding tert-OH is 6. The Morgan fingerprint density at radius 2 is 1.62 bits per heavy atom. The highest BCUT2D eigenvalue weighted by atomic mass is 16.7. The first-order valence-electron chi connectivity index (χ1n) is 15.3. The predicted octanol–water partition coefficient (Wildman–Crippen LogP) is 1.74. The summed E-state index contributed by atoms with van der Waals surface area (Å²) in [5, 5.41) is 61.2. The van der Waals surface area contributed by atoms with Gasteiger partial charge in [-0.15, -0.1) is 0 Å². The van der Waals surface area contributed by atoms with E-state index in [1.165, 1.54) is 0 Å². The van der Waals surface area contributed by atoms with Crippen LogP contribution in [0, 0.1) is 46.3 Å². The van der Waals surface area contributed by atoms with Gasteiger partial charge in [-0.1, -0.05) is 20.8 Å². The zero-order chi connectivity index (χ0) is 28.3. The van der Waals surface area contributed by atoms with Crippen LogP contribution < -0.4 is 0 Å². The fraction of sp³-hybridized carbons (Fsp3) is 0.967. The van der Waals surface area contributed by atoms with Gasteiger partial charge >= 0.3 is 5.97 Å². The van der Waals surface area contributed by atoms with Crippen molar-refractivity contribution in [2.24, 2.45) is 46.3 Å². The highest BCUT2D eigenvalue weighted by Crippen LogP contribution is 2.68. The largest absolute Gasteiger partial charge is 0.433 e. The van der Waals surface area contributed by atoms with Crippen LogP contribution in [0.1, 0.15) is 85.0 Å². The Hall–Kier alpha value is -0.810. The number of fused-ring (bicyclic) bond motifs is 5. The lowest BCUT2D eigenvalue weighted by Gasteiger charge is -2.62. The molecule has 39 heavy (non-hydrogen) atoms. The fourth-order valence-corrected chi connectivity index (χ4v) is 10.1. The topological polar surface area (TPSA) is 157 Å². The smallest absolute Gasteiger partial charge is 0.308 e. The maximum atomic E-state index is 12.7. The molecule has 5 aliphatic rings. The van der Waals surface area contributed by atoms with E-state index < -0.39 is 43.3 Å². The molecule has 1 aliphatic heterocycles. The molecule has 0 aromatic carbocycles. The first-order valence-corrected chi connectivity index (χ1v) is 15.3. The minimum absolute atomic E-state index is 0.111. The quantitative estimate of drug-likeness (QED) is 0.269. The third-order valence-corrected chi connectivity index (χ3v) is 12.3. The lowest BCUT2D eigenvalue weighted by molar-refractivity contribution is -0.292. The van der Waals surface area contributed by atoms with Crippen LogP contribution in [0.2, 0.25) is 0 Å². The Morgan fingerprint density at radius 3 is 2.33 bits per heavy atom. The normalized spacial score (nSPS) is 52.3. The van der Waals surface area contributed by atoms with Gasteiger partial charge in [0.25, 0.3) is 0 Å². The highest BCUT2D eigenvalue weighted by molar-refractivity contribution is 5.69. The van der Waals surface area contributed by atoms with E-state index in [2.05, 4.69) is 20.8 Å². The molecule has 0 radical (unpaired) electrons. The molecule has 0 unspecified atom stereocenters. The Bertz CT molecular complexity index is 882. The molecule has 9 nitrogen and oxygen atoms in total. The molecule has 1 heterocycles. The maximum absolute atomic E-state index is 12.7. The summed E-state index contributed by atoms with van der Waals surface area (Å²) in [4.78, 5) is 12.7. The molecule has 5 fully saturated rings. The predicted molar refractivity (Wildman–Crippen MR) is 141 cm³/mol. The van der Waals surface area contributed by atoms with E-state index >= 15 is 0 Å². The number of carbonyl (C=O) groups excluding carboxylic acids is 1. The van der Waals surface area contributed by atoms with Crippen LogP contribution in [0.4, 0.5) is 0 Å². The van der Waals surface area contributed by atoms with Crippen molar-refractivity contribution in [3.63, 3.8) is 0 Å². The molecule has 9 heteroatoms. The van der Waals surface area contributed by atoms with Crippen LogP contribution >= 0.6 is 0 Å². The molecule has 4 aliphatic carbocycles. The van der Waals surface area contributed by atoms with Crippen LogP contribution in [0.25, 0.3) is 0 Å². The Balaban J connectivity index is 1.20. The number of hydrogen-bond donors (Lipinski definition) is 6. The third kappa shape index (κ3) is 5.08. The highest BCUT2D eigenvalue weighted by Gasteiger charge is 2.62. The number of aliphatic hydroxyl groups is 6. The second-order valence-corrected chi connectivity index (χ2v) is 14.2. The molecule has 224 valence electrons. The lowest BCUT2D eigenvalue weighted by atomic mass is 9.43. The lowest BCUT2D eigenvalue weighted by Crippen LogP contribution is -2.59. The molecule has 0 aromatic heterocycles. The van der Waals surface area contributed by atoms with E-state index in [9.17, 15) is 35.4 Å². The zero-order valence-corrected chi connectivity index (χ0v) is 23.7. The Labute approximate surface area is 231 Å². The summed E-state index contributed by atoms with van der Waals surface area (Å²) in [5.74, 6) is 1.82. The number of rotatable bonds is 6.